The number of hydrogen-bond acceptors (Lipinski definition) is 6. The number of likely N-dealkylation sites (tertiary alicyclic amines) is 1. The second kappa shape index (κ2) is 7.41. The van der Waals surface area contributed by atoms with Gasteiger partial charge in [0.2, 0.25) is 5.91 Å². The van der Waals surface area contributed by atoms with Crippen molar-refractivity contribution in [3.05, 3.63) is 23.8 Å². The maximum absolute atomic E-state index is 12.5. The summed E-state index contributed by atoms with van der Waals surface area (Å²) in [6, 6.07) is 1.84. The van der Waals surface area contributed by atoms with Gasteiger partial charge in [-0.05, 0) is 36.3 Å². The number of piperidine rings is 1. The number of aryl methyl sites for hydroxylation is 2. The predicted octanol–water partition coefficient (Wildman–Crippen LogP) is 0.0589. The number of tetrazole rings is 1. The molecule has 2 aromatic heterocycles. The molecule has 10 nitrogen and oxygen atoms in total. The molecule has 1 saturated heterocycles. The quantitative estimate of drug-likeness (QED) is 0.784. The highest BCUT2D eigenvalue weighted by atomic mass is 16.4. The van der Waals surface area contributed by atoms with Crippen LogP contribution >= 0.6 is 0 Å². The van der Waals surface area contributed by atoms with Crippen LogP contribution in [-0.4, -0.2) is 65.0 Å². The highest BCUT2D eigenvalue weighted by Gasteiger charge is 2.26. The monoisotopic (exact) mass is 347 g/mol. The number of carboxylic acid groups (broad SMARTS) is 1. The van der Waals surface area contributed by atoms with E-state index in [0.717, 1.165) is 25.1 Å². The molecular formula is C15H21N7O3. The van der Waals surface area contributed by atoms with Crippen molar-refractivity contribution in [2.45, 2.75) is 45.2 Å². The lowest BCUT2D eigenvalue weighted by atomic mass is 9.95. The van der Waals surface area contributed by atoms with Gasteiger partial charge in [0.25, 0.3) is 0 Å². The molecule has 1 aliphatic heterocycles. The summed E-state index contributed by atoms with van der Waals surface area (Å²) in [6.45, 7) is 3.46. The van der Waals surface area contributed by atoms with Crippen molar-refractivity contribution in [3.8, 4) is 0 Å². The van der Waals surface area contributed by atoms with E-state index in [2.05, 4.69) is 20.6 Å². The Morgan fingerprint density at radius 2 is 2.24 bits per heavy atom. The van der Waals surface area contributed by atoms with Gasteiger partial charge in [0, 0.05) is 31.6 Å². The molecule has 3 heterocycles. The molecule has 0 aliphatic carbocycles. The van der Waals surface area contributed by atoms with Crippen LogP contribution in [0.1, 0.15) is 36.7 Å². The molecule has 1 amide bonds. The Kier molecular flexibility index (Phi) is 5.05. The fourth-order valence-electron chi connectivity index (χ4n) is 3.08. The summed E-state index contributed by atoms with van der Waals surface area (Å²) >= 11 is 0. The van der Waals surface area contributed by atoms with E-state index in [1.165, 1.54) is 4.68 Å². The van der Waals surface area contributed by atoms with Crippen molar-refractivity contribution in [1.29, 1.82) is 0 Å². The first-order valence-electron chi connectivity index (χ1n) is 8.28. The van der Waals surface area contributed by atoms with Gasteiger partial charge in [0.15, 0.2) is 0 Å². The smallest absolute Gasteiger partial charge is 0.325 e. The molecule has 0 aromatic carbocycles. The third-order valence-electron chi connectivity index (χ3n) is 4.40. The van der Waals surface area contributed by atoms with Gasteiger partial charge in [0.1, 0.15) is 12.4 Å². The predicted molar refractivity (Wildman–Crippen MR) is 85.6 cm³/mol. The van der Waals surface area contributed by atoms with Gasteiger partial charge in [-0.15, -0.1) is 5.10 Å². The SMILES string of the molecule is Cc1nnnn1CCC(=O)N1CCC[C@H](c2ccn(CC(=O)O)n2)C1. The molecular weight excluding hydrogens is 326 g/mol. The fraction of sp³-hybridized carbons (Fsp3) is 0.600. The van der Waals surface area contributed by atoms with Gasteiger partial charge in [-0.2, -0.15) is 5.10 Å². The van der Waals surface area contributed by atoms with Crippen LogP contribution in [0, 0.1) is 6.92 Å². The number of carbonyl (C=O) groups excluding carboxylic acids is 1. The van der Waals surface area contributed by atoms with Crippen molar-refractivity contribution in [2.24, 2.45) is 0 Å². The minimum atomic E-state index is -0.923. The van der Waals surface area contributed by atoms with Crippen LogP contribution in [0.2, 0.25) is 0 Å². The molecule has 0 saturated carbocycles. The van der Waals surface area contributed by atoms with Crippen molar-refractivity contribution >= 4 is 11.9 Å². The Labute approximate surface area is 144 Å². The topological polar surface area (TPSA) is 119 Å². The largest absolute Gasteiger partial charge is 0.480 e. The van der Waals surface area contributed by atoms with E-state index in [-0.39, 0.29) is 18.4 Å². The minimum Gasteiger partial charge on any atom is -0.480 e. The number of carbonyl (C=O) groups is 2. The van der Waals surface area contributed by atoms with E-state index >= 15 is 0 Å². The molecule has 1 fully saturated rings. The number of amides is 1. The zero-order chi connectivity index (χ0) is 17.8. The number of aromatic nitrogens is 6. The van der Waals surface area contributed by atoms with Gasteiger partial charge >= 0.3 is 5.97 Å². The van der Waals surface area contributed by atoms with Crippen LogP contribution in [0.15, 0.2) is 12.3 Å². The summed E-state index contributed by atoms with van der Waals surface area (Å²) < 4.78 is 3.03. The summed E-state index contributed by atoms with van der Waals surface area (Å²) in [5, 5.41) is 24.4. The summed E-state index contributed by atoms with van der Waals surface area (Å²) in [7, 11) is 0. The lowest BCUT2D eigenvalue weighted by molar-refractivity contribution is -0.138. The van der Waals surface area contributed by atoms with E-state index in [4.69, 9.17) is 5.11 Å². The van der Waals surface area contributed by atoms with Crippen LogP contribution in [0.5, 0.6) is 0 Å². The Morgan fingerprint density at radius 3 is 2.96 bits per heavy atom. The average molecular weight is 347 g/mol. The lowest BCUT2D eigenvalue weighted by Crippen LogP contribution is -2.39. The first kappa shape index (κ1) is 17.1. The number of rotatable bonds is 6. The number of nitrogens with zero attached hydrogens (tertiary/aromatic N) is 7. The van der Waals surface area contributed by atoms with Gasteiger partial charge in [0.05, 0.1) is 12.2 Å². The third-order valence-corrected chi connectivity index (χ3v) is 4.40. The van der Waals surface area contributed by atoms with Crippen LogP contribution in [0.3, 0.4) is 0 Å². The summed E-state index contributed by atoms with van der Waals surface area (Å²) in [5.41, 5.74) is 0.843. The normalized spacial score (nSPS) is 17.6. The van der Waals surface area contributed by atoms with Gasteiger partial charge in [-0.3, -0.25) is 14.3 Å². The molecule has 0 spiro atoms. The second-order valence-electron chi connectivity index (χ2n) is 6.21. The molecule has 1 aliphatic rings. The van der Waals surface area contributed by atoms with E-state index in [1.807, 2.05) is 11.0 Å². The molecule has 134 valence electrons. The number of aliphatic carboxylic acids is 1. The Hall–Kier alpha value is -2.78. The van der Waals surface area contributed by atoms with Gasteiger partial charge in [-0.1, -0.05) is 0 Å². The summed E-state index contributed by atoms with van der Waals surface area (Å²) in [6.07, 6.45) is 3.88. The Bertz CT molecular complexity index is 754. The van der Waals surface area contributed by atoms with Gasteiger partial charge in [-0.25, -0.2) is 4.68 Å². The molecule has 0 radical (unpaired) electrons. The highest BCUT2D eigenvalue weighted by molar-refractivity contribution is 5.76. The molecule has 0 bridgehead atoms. The highest BCUT2D eigenvalue weighted by Crippen LogP contribution is 2.26. The number of hydrogen-bond donors (Lipinski definition) is 1. The van der Waals surface area contributed by atoms with Crippen LogP contribution in [0.25, 0.3) is 0 Å². The molecule has 10 heteroatoms. The summed E-state index contributed by atoms with van der Waals surface area (Å²) in [5.74, 6) is -0.0200. The maximum Gasteiger partial charge on any atom is 0.325 e. The van der Waals surface area contributed by atoms with E-state index in [9.17, 15) is 9.59 Å². The fourth-order valence-corrected chi connectivity index (χ4v) is 3.08. The summed E-state index contributed by atoms with van der Waals surface area (Å²) in [4.78, 5) is 25.1. The van der Waals surface area contributed by atoms with E-state index in [0.29, 0.717) is 25.3 Å². The molecule has 3 rings (SSSR count). The third kappa shape index (κ3) is 4.20. The average Bonchev–Trinajstić information content (AvgIpc) is 3.21. The first-order valence-corrected chi connectivity index (χ1v) is 8.28. The first-order chi connectivity index (χ1) is 12.0. The Balaban J connectivity index is 1.57. The van der Waals surface area contributed by atoms with Crippen molar-refractivity contribution < 1.29 is 14.7 Å². The van der Waals surface area contributed by atoms with Crippen molar-refractivity contribution in [1.82, 2.24) is 34.9 Å². The molecule has 2 aromatic rings. The zero-order valence-electron chi connectivity index (χ0n) is 14.1. The number of carboxylic acids is 1. The van der Waals surface area contributed by atoms with E-state index < -0.39 is 5.97 Å². The van der Waals surface area contributed by atoms with Crippen molar-refractivity contribution in [2.75, 3.05) is 13.1 Å². The minimum absolute atomic E-state index is 0.0737. The molecule has 1 atom stereocenters. The van der Waals surface area contributed by atoms with Crippen LogP contribution in [-0.2, 0) is 22.7 Å². The Morgan fingerprint density at radius 1 is 1.40 bits per heavy atom. The van der Waals surface area contributed by atoms with E-state index in [1.54, 1.807) is 17.8 Å². The molecule has 1 N–H and O–H groups in total. The molecule has 25 heavy (non-hydrogen) atoms. The molecule has 0 unspecified atom stereocenters. The van der Waals surface area contributed by atoms with Crippen LogP contribution in [0.4, 0.5) is 0 Å². The zero-order valence-corrected chi connectivity index (χ0v) is 14.1. The van der Waals surface area contributed by atoms with Crippen LogP contribution < -0.4 is 0 Å². The van der Waals surface area contributed by atoms with Gasteiger partial charge < -0.3 is 10.0 Å². The van der Waals surface area contributed by atoms with Crippen molar-refractivity contribution in [3.63, 3.8) is 0 Å². The lowest BCUT2D eigenvalue weighted by Gasteiger charge is -2.32. The second-order valence-corrected chi connectivity index (χ2v) is 6.21. The maximum atomic E-state index is 12.5. The standard InChI is InChI=1S/C15H21N7O3/c1-11-16-18-19-22(11)8-5-14(23)20-6-2-3-12(9-20)13-4-7-21(17-13)10-15(24)25/h4,7,12H,2-3,5-6,8-10H2,1H3,(H,24,25)/t12-/m0/s1.